The van der Waals surface area contributed by atoms with Gasteiger partial charge in [0.05, 0.1) is 23.9 Å². The normalized spacial score (nSPS) is 15.7. The second-order valence-corrected chi connectivity index (χ2v) is 7.26. The molecule has 0 saturated carbocycles. The first-order valence-electron chi connectivity index (χ1n) is 8.15. The Morgan fingerprint density at radius 3 is 2.52 bits per heavy atom. The summed E-state index contributed by atoms with van der Waals surface area (Å²) in [5, 5.41) is 6.30. The molecule has 0 aliphatic carbocycles. The number of rotatable bonds is 6. The van der Waals surface area contributed by atoms with Crippen LogP contribution in [0.1, 0.15) is 13.8 Å². The van der Waals surface area contributed by atoms with E-state index in [0.717, 1.165) is 19.6 Å². The number of hydrogen-bond donors (Lipinski definition) is 2. The first kappa shape index (κ1) is 20.0. The van der Waals surface area contributed by atoms with E-state index in [9.17, 15) is 9.59 Å². The van der Waals surface area contributed by atoms with Crippen molar-refractivity contribution in [2.24, 2.45) is 5.41 Å². The van der Waals surface area contributed by atoms with Gasteiger partial charge >= 0.3 is 0 Å². The molecule has 2 rings (SSSR count). The van der Waals surface area contributed by atoms with Gasteiger partial charge in [0.25, 0.3) is 0 Å². The summed E-state index contributed by atoms with van der Waals surface area (Å²) in [6.07, 6.45) is 0. The van der Waals surface area contributed by atoms with Gasteiger partial charge in [0.2, 0.25) is 11.8 Å². The van der Waals surface area contributed by atoms with E-state index in [4.69, 9.17) is 27.9 Å². The predicted molar refractivity (Wildman–Crippen MR) is 99.1 cm³/mol. The largest absolute Gasteiger partial charge is 0.379 e. The predicted octanol–water partition coefficient (Wildman–Crippen LogP) is 2.41. The Morgan fingerprint density at radius 1 is 1.20 bits per heavy atom. The van der Waals surface area contributed by atoms with Crippen LogP contribution < -0.4 is 10.6 Å². The number of hydrogen-bond acceptors (Lipinski definition) is 4. The maximum atomic E-state index is 12.5. The van der Waals surface area contributed by atoms with E-state index in [1.165, 1.54) is 6.07 Å². The number of halogens is 2. The molecule has 1 aromatic rings. The van der Waals surface area contributed by atoms with E-state index in [-0.39, 0.29) is 5.91 Å². The molecule has 2 amide bonds. The van der Waals surface area contributed by atoms with Crippen LogP contribution in [0.5, 0.6) is 0 Å². The molecule has 25 heavy (non-hydrogen) atoms. The Kier molecular flexibility index (Phi) is 7.07. The van der Waals surface area contributed by atoms with Crippen molar-refractivity contribution in [3.05, 3.63) is 28.2 Å². The summed E-state index contributed by atoms with van der Waals surface area (Å²) in [7, 11) is 0. The third-order valence-corrected chi connectivity index (χ3v) is 4.68. The SMILES string of the molecule is CC(C)(C(=O)NCCN1CCOCC1)C(=O)Nc1ccc(Cl)cc1Cl. The van der Waals surface area contributed by atoms with Crippen molar-refractivity contribution in [3.8, 4) is 0 Å². The Labute approximate surface area is 157 Å². The van der Waals surface area contributed by atoms with E-state index in [0.29, 0.717) is 35.5 Å². The smallest absolute Gasteiger partial charge is 0.239 e. The van der Waals surface area contributed by atoms with E-state index in [1.54, 1.807) is 26.0 Å². The number of amides is 2. The molecule has 0 radical (unpaired) electrons. The van der Waals surface area contributed by atoms with Crippen LogP contribution in [0.2, 0.25) is 10.0 Å². The fourth-order valence-corrected chi connectivity index (χ4v) is 2.80. The number of nitrogens with zero attached hydrogens (tertiary/aromatic N) is 1. The van der Waals surface area contributed by atoms with Crippen LogP contribution in [0.4, 0.5) is 5.69 Å². The van der Waals surface area contributed by atoms with Crippen molar-refractivity contribution < 1.29 is 14.3 Å². The summed E-state index contributed by atoms with van der Waals surface area (Å²) in [5.41, 5.74) is -0.807. The second-order valence-electron chi connectivity index (χ2n) is 6.41. The zero-order valence-electron chi connectivity index (χ0n) is 14.4. The van der Waals surface area contributed by atoms with Crippen LogP contribution in [0.25, 0.3) is 0 Å². The molecule has 1 aromatic carbocycles. The molecule has 0 unspecified atom stereocenters. The highest BCUT2D eigenvalue weighted by Crippen LogP contribution is 2.27. The van der Waals surface area contributed by atoms with Gasteiger partial charge in [-0.05, 0) is 32.0 Å². The maximum absolute atomic E-state index is 12.5. The summed E-state index contributed by atoms with van der Waals surface area (Å²) < 4.78 is 5.29. The molecule has 8 heteroatoms. The van der Waals surface area contributed by atoms with E-state index in [1.807, 2.05) is 0 Å². The van der Waals surface area contributed by atoms with Gasteiger partial charge < -0.3 is 15.4 Å². The minimum Gasteiger partial charge on any atom is -0.379 e. The van der Waals surface area contributed by atoms with Gasteiger partial charge in [0, 0.05) is 31.2 Å². The second kappa shape index (κ2) is 8.85. The van der Waals surface area contributed by atoms with Crippen LogP contribution in [-0.2, 0) is 14.3 Å². The minimum atomic E-state index is -1.23. The highest BCUT2D eigenvalue weighted by molar-refractivity contribution is 6.36. The Hall–Kier alpha value is -1.34. The lowest BCUT2D eigenvalue weighted by Gasteiger charge is -2.27. The fourth-order valence-electron chi connectivity index (χ4n) is 2.35. The van der Waals surface area contributed by atoms with Crippen molar-refractivity contribution in [1.82, 2.24) is 10.2 Å². The Bertz CT molecular complexity index is 632. The zero-order valence-corrected chi connectivity index (χ0v) is 15.9. The van der Waals surface area contributed by atoms with Crippen LogP contribution in [0.15, 0.2) is 18.2 Å². The van der Waals surface area contributed by atoms with Crippen molar-refractivity contribution >= 4 is 40.7 Å². The van der Waals surface area contributed by atoms with Gasteiger partial charge in [-0.25, -0.2) is 0 Å². The van der Waals surface area contributed by atoms with E-state index < -0.39 is 11.3 Å². The average Bonchev–Trinajstić information content (AvgIpc) is 2.58. The molecular weight excluding hydrogens is 365 g/mol. The standard InChI is InChI=1S/C17H23Cl2N3O3/c1-17(2,15(23)20-5-6-22-7-9-25-10-8-22)16(24)21-14-4-3-12(18)11-13(14)19/h3-4,11H,5-10H2,1-2H3,(H,20,23)(H,21,24). The molecule has 0 aromatic heterocycles. The molecule has 6 nitrogen and oxygen atoms in total. The van der Waals surface area contributed by atoms with Gasteiger partial charge in [0.15, 0.2) is 0 Å². The highest BCUT2D eigenvalue weighted by atomic mass is 35.5. The van der Waals surface area contributed by atoms with Gasteiger partial charge in [-0.1, -0.05) is 23.2 Å². The van der Waals surface area contributed by atoms with Gasteiger partial charge in [-0.15, -0.1) is 0 Å². The summed E-state index contributed by atoms with van der Waals surface area (Å²) >= 11 is 11.9. The molecule has 0 spiro atoms. The monoisotopic (exact) mass is 387 g/mol. The van der Waals surface area contributed by atoms with Gasteiger partial charge in [-0.3, -0.25) is 14.5 Å². The van der Waals surface area contributed by atoms with Crippen molar-refractivity contribution in [2.75, 3.05) is 44.7 Å². The molecule has 1 saturated heterocycles. The number of carbonyl (C=O) groups is 2. The molecule has 0 bridgehead atoms. The van der Waals surface area contributed by atoms with Crippen molar-refractivity contribution in [3.63, 3.8) is 0 Å². The Morgan fingerprint density at radius 2 is 1.88 bits per heavy atom. The molecule has 1 aliphatic heterocycles. The third kappa shape index (κ3) is 5.57. The zero-order chi connectivity index (χ0) is 18.4. The molecule has 1 aliphatic rings. The van der Waals surface area contributed by atoms with E-state index in [2.05, 4.69) is 15.5 Å². The fraction of sp³-hybridized carbons (Fsp3) is 0.529. The highest BCUT2D eigenvalue weighted by Gasteiger charge is 2.36. The molecule has 0 atom stereocenters. The molecular formula is C17H23Cl2N3O3. The third-order valence-electron chi connectivity index (χ3n) is 4.13. The topological polar surface area (TPSA) is 70.7 Å². The minimum absolute atomic E-state index is 0.323. The Balaban J connectivity index is 1.87. The summed E-state index contributed by atoms with van der Waals surface area (Å²) in [6, 6.07) is 4.77. The number of carbonyl (C=O) groups excluding carboxylic acids is 2. The first-order valence-corrected chi connectivity index (χ1v) is 8.91. The van der Waals surface area contributed by atoms with Crippen LogP contribution in [0.3, 0.4) is 0 Å². The lowest BCUT2D eigenvalue weighted by Crippen LogP contribution is -2.48. The lowest BCUT2D eigenvalue weighted by atomic mass is 9.91. The summed E-state index contributed by atoms with van der Waals surface area (Å²) in [6.45, 7) is 7.51. The van der Waals surface area contributed by atoms with Gasteiger partial charge in [-0.2, -0.15) is 0 Å². The quantitative estimate of drug-likeness (QED) is 0.735. The van der Waals surface area contributed by atoms with Crippen LogP contribution >= 0.6 is 23.2 Å². The molecule has 1 fully saturated rings. The van der Waals surface area contributed by atoms with Crippen molar-refractivity contribution in [1.29, 1.82) is 0 Å². The number of nitrogens with one attached hydrogen (secondary N) is 2. The number of morpholine rings is 1. The van der Waals surface area contributed by atoms with E-state index >= 15 is 0 Å². The number of ether oxygens (including phenoxy) is 1. The number of anilines is 1. The summed E-state index contributed by atoms with van der Waals surface area (Å²) in [5.74, 6) is -0.760. The van der Waals surface area contributed by atoms with Crippen LogP contribution in [-0.4, -0.2) is 56.1 Å². The number of benzene rings is 1. The lowest BCUT2D eigenvalue weighted by molar-refractivity contribution is -0.138. The molecule has 1 heterocycles. The average molecular weight is 388 g/mol. The van der Waals surface area contributed by atoms with Crippen LogP contribution in [0, 0.1) is 5.41 Å². The summed E-state index contributed by atoms with van der Waals surface area (Å²) in [4.78, 5) is 27.1. The van der Waals surface area contributed by atoms with Crippen molar-refractivity contribution in [2.45, 2.75) is 13.8 Å². The maximum Gasteiger partial charge on any atom is 0.239 e. The first-order chi connectivity index (χ1) is 11.8. The molecule has 2 N–H and O–H groups in total. The van der Waals surface area contributed by atoms with Gasteiger partial charge in [0.1, 0.15) is 5.41 Å². The molecule has 138 valence electrons.